The van der Waals surface area contributed by atoms with Gasteiger partial charge in [-0.2, -0.15) is 31.5 Å². The molecule has 0 aliphatic rings. The van der Waals surface area contributed by atoms with Crippen molar-refractivity contribution in [2.45, 2.75) is 156 Å². The monoisotopic (exact) mass is 753 g/mol. The largest absolute Gasteiger partial charge is 0.522 e. The molecule has 0 aromatic rings. The van der Waals surface area contributed by atoms with E-state index in [2.05, 4.69) is 119 Å². The Kier molecular flexibility index (Phi) is 28.4. The average Bonchev–Trinajstić information content (AvgIpc) is 2.73. The van der Waals surface area contributed by atoms with Gasteiger partial charge < -0.3 is 8.77 Å². The van der Waals surface area contributed by atoms with Crippen LogP contribution in [0.4, 0.5) is 13.2 Å². The van der Waals surface area contributed by atoms with Crippen molar-refractivity contribution in [3.63, 3.8) is 0 Å². The number of hydrogen-bond acceptors (Lipinski definition) is 4. The number of halogens is 3. The molecule has 2 atom stereocenters. The van der Waals surface area contributed by atoms with Crippen LogP contribution in [0.1, 0.15) is 76.2 Å². The summed E-state index contributed by atoms with van der Waals surface area (Å²) in [5, 5.41) is 0. The van der Waals surface area contributed by atoms with Crippen molar-refractivity contribution in [1.29, 1.82) is 0 Å². The molecule has 0 saturated carbocycles. The normalized spacial score (nSPS) is 13.2. The molecule has 0 aliphatic carbocycles. The summed E-state index contributed by atoms with van der Waals surface area (Å²) < 4.78 is 61.4. The predicted octanol–water partition coefficient (Wildman–Crippen LogP) is 11.2. The van der Waals surface area contributed by atoms with Crippen LogP contribution in [-0.2, 0) is 14.0 Å². The Balaban J connectivity index is -0.000000151. The van der Waals surface area contributed by atoms with Gasteiger partial charge in [0.25, 0.3) is 0 Å². The van der Waals surface area contributed by atoms with Crippen molar-refractivity contribution >= 4 is 68.0 Å². The van der Waals surface area contributed by atoms with Crippen molar-refractivity contribution in [3.05, 3.63) is 0 Å². The molecule has 0 N–H and O–H groups in total. The SMILES string of the molecule is CC(C)[Si](C)(C)OS(=O)(=O)C(F)(F)F.CC(C)[Si](C)(C)P.CC(C)[Si](C)(C)P[Si](C)(C)C(C)C.CCN(CC)CC.P. The molecule has 0 radical (unpaired) electrons. The smallest absolute Gasteiger partial charge is 0.308 e. The average molecular weight is 754 g/mol. The van der Waals surface area contributed by atoms with Gasteiger partial charge in [-0.1, -0.05) is 115 Å². The molecule has 262 valence electrons. The van der Waals surface area contributed by atoms with E-state index in [1.165, 1.54) is 40.4 Å². The lowest BCUT2D eigenvalue weighted by Gasteiger charge is -2.37. The minimum atomic E-state index is -5.44. The third-order valence-corrected chi connectivity index (χ3v) is 45.3. The number of nitrogens with zero attached hydrogens (tertiary/aromatic N) is 1. The van der Waals surface area contributed by atoms with Crippen molar-refractivity contribution in [1.82, 2.24) is 4.90 Å². The molecule has 0 aromatic heterocycles. The van der Waals surface area contributed by atoms with E-state index in [1.54, 1.807) is 13.8 Å². The first kappa shape index (κ1) is 53.3. The third-order valence-electron chi connectivity index (χ3n) is 8.36. The first-order valence-electron chi connectivity index (χ1n) is 15.1. The number of hydrogen-bond donors (Lipinski definition) is 0. The van der Waals surface area contributed by atoms with Crippen molar-refractivity contribution in [2.75, 3.05) is 19.6 Å². The maximum Gasteiger partial charge on any atom is 0.522 e. The molecule has 0 spiro atoms. The van der Waals surface area contributed by atoms with Crippen molar-refractivity contribution < 1.29 is 25.5 Å². The molecular formula is C27H73F3NO3P3SSi4. The maximum atomic E-state index is 11.9. The molecule has 4 nitrogen and oxygen atoms in total. The zero-order valence-corrected chi connectivity index (χ0v) is 39.3. The van der Waals surface area contributed by atoms with E-state index in [0.29, 0.717) is 0 Å². The molecule has 0 bridgehead atoms. The number of alkyl halides is 3. The van der Waals surface area contributed by atoms with Crippen LogP contribution in [0, 0.1) is 0 Å². The van der Waals surface area contributed by atoms with Gasteiger partial charge >= 0.3 is 15.6 Å². The van der Waals surface area contributed by atoms with Crippen LogP contribution in [0.3, 0.4) is 0 Å². The van der Waals surface area contributed by atoms with Crippen LogP contribution in [0.5, 0.6) is 0 Å². The highest BCUT2D eigenvalue weighted by molar-refractivity contribution is 8.07. The molecule has 0 aromatic carbocycles. The fraction of sp³-hybridized carbons (Fsp3) is 1.00. The van der Waals surface area contributed by atoms with Crippen LogP contribution in [0.15, 0.2) is 0 Å². The van der Waals surface area contributed by atoms with Crippen LogP contribution in [0.2, 0.25) is 74.5 Å². The van der Waals surface area contributed by atoms with Crippen LogP contribution >= 0.6 is 26.4 Å². The zero-order valence-electron chi connectivity index (χ0n) is 30.9. The molecule has 0 amide bonds. The van der Waals surface area contributed by atoms with Gasteiger partial charge in [0, 0.05) is 0 Å². The van der Waals surface area contributed by atoms with Gasteiger partial charge in [-0.25, -0.2) is 0 Å². The topological polar surface area (TPSA) is 46.6 Å². The fourth-order valence-electron chi connectivity index (χ4n) is 2.22. The van der Waals surface area contributed by atoms with Gasteiger partial charge in [0.1, 0.15) is 0 Å². The summed E-state index contributed by atoms with van der Waals surface area (Å²) in [6.07, 6.45) is 0. The molecule has 2 unspecified atom stereocenters. The minimum absolute atomic E-state index is 0. The Morgan fingerprint density at radius 3 is 1.07 bits per heavy atom. The molecule has 0 heterocycles. The summed E-state index contributed by atoms with van der Waals surface area (Å²) in [5.74, 6) is 0. The van der Waals surface area contributed by atoms with Gasteiger partial charge in [0.05, 0.1) is 23.2 Å². The second-order valence-corrected chi connectivity index (χ2v) is 50.1. The van der Waals surface area contributed by atoms with Crippen molar-refractivity contribution in [2.24, 2.45) is 0 Å². The van der Waals surface area contributed by atoms with Gasteiger partial charge in [0.15, 0.2) is 0 Å². The standard InChI is InChI=1S/C10H27PSi2.C6H13F3O3SSi.C6H15N.C5H15PSi.H3P/c1-9(2)12(5,6)11-13(7,8)10(3)4;1-5(2)14(3,4)12-13(10,11)6(7,8)9;1-4-7(5-2)6-3;1-5(2)7(3,4)6;/h9-11H,1-8H3;5H,1-4H3;4-6H2,1-3H3;5H,6H2,1-4H3;1H3. The second-order valence-electron chi connectivity index (χ2n) is 14.2. The van der Waals surface area contributed by atoms with Crippen LogP contribution in [-0.4, -0.2) is 70.0 Å². The lowest BCUT2D eigenvalue weighted by molar-refractivity contribution is -0.0504. The highest BCUT2D eigenvalue weighted by Crippen LogP contribution is 2.48. The molecule has 15 heteroatoms. The van der Waals surface area contributed by atoms with Crippen LogP contribution in [0.25, 0.3) is 0 Å². The molecule has 0 rings (SSSR count). The second kappa shape index (κ2) is 22.4. The first-order chi connectivity index (χ1) is 17.8. The zero-order chi connectivity index (χ0) is 34.4. The summed E-state index contributed by atoms with van der Waals surface area (Å²) in [6, 6.07) is 0. The Morgan fingerprint density at radius 2 is 0.952 bits per heavy atom. The first-order valence-corrected chi connectivity index (χ1v) is 33.5. The maximum absolute atomic E-state index is 11.9. The fourth-order valence-corrected chi connectivity index (χ4v) is 34.7. The number of rotatable bonds is 11. The lowest BCUT2D eigenvalue weighted by atomic mass is 10.5. The molecule has 42 heavy (non-hydrogen) atoms. The van der Waals surface area contributed by atoms with E-state index in [4.69, 9.17) is 0 Å². The van der Waals surface area contributed by atoms with E-state index >= 15 is 0 Å². The minimum Gasteiger partial charge on any atom is -0.308 e. The lowest BCUT2D eigenvalue weighted by Crippen LogP contribution is -2.41. The summed E-state index contributed by atoms with van der Waals surface area (Å²) in [7, 11) is -6.58. The highest BCUT2D eigenvalue weighted by Gasteiger charge is 2.50. The van der Waals surface area contributed by atoms with E-state index in [9.17, 15) is 21.6 Å². The summed E-state index contributed by atoms with van der Waals surface area (Å²) >= 11 is 0. The highest BCUT2D eigenvalue weighted by atomic mass is 32.2. The predicted molar refractivity (Wildman–Crippen MR) is 209 cm³/mol. The van der Waals surface area contributed by atoms with Crippen LogP contribution < -0.4 is 0 Å². The van der Waals surface area contributed by atoms with Gasteiger partial charge in [-0.15, -0.1) is 16.5 Å². The molecular weight excluding hydrogens is 681 g/mol. The van der Waals surface area contributed by atoms with Crippen molar-refractivity contribution in [3.8, 4) is 0 Å². The van der Waals surface area contributed by atoms with E-state index in [1.807, 2.05) is 0 Å². The van der Waals surface area contributed by atoms with Gasteiger partial charge in [-0.05, 0) is 54.9 Å². The summed E-state index contributed by atoms with van der Waals surface area (Å²) in [4.78, 5) is 2.38. The molecule has 0 saturated heterocycles. The Hall–Kier alpha value is 1.82. The summed E-state index contributed by atoms with van der Waals surface area (Å²) in [6.45, 7) is 45.6. The third kappa shape index (κ3) is 25.0. The van der Waals surface area contributed by atoms with Gasteiger partial charge in [-0.3, -0.25) is 0 Å². The van der Waals surface area contributed by atoms with E-state index in [0.717, 1.165) is 16.6 Å². The Morgan fingerprint density at radius 1 is 0.690 bits per heavy atom. The van der Waals surface area contributed by atoms with E-state index in [-0.39, 0.29) is 15.4 Å². The van der Waals surface area contributed by atoms with E-state index < -0.39 is 47.2 Å². The summed E-state index contributed by atoms with van der Waals surface area (Å²) in [5.41, 5.74) is -2.73. The Bertz CT molecular complexity index is 766. The quantitative estimate of drug-likeness (QED) is 0.120. The molecule has 0 fully saturated rings. The molecule has 0 aliphatic heterocycles. The Labute approximate surface area is 273 Å². The van der Waals surface area contributed by atoms with Gasteiger partial charge in [0.2, 0.25) is 8.32 Å².